The Labute approximate surface area is 86.0 Å². The predicted octanol–water partition coefficient (Wildman–Crippen LogP) is 3.22. The zero-order valence-electron chi connectivity index (χ0n) is 9.07. The van der Waals surface area contributed by atoms with Gasteiger partial charge in [-0.15, -0.1) is 0 Å². The summed E-state index contributed by atoms with van der Waals surface area (Å²) in [5.74, 6) is 0.260. The van der Waals surface area contributed by atoms with E-state index in [2.05, 4.69) is 17.7 Å². The summed E-state index contributed by atoms with van der Waals surface area (Å²) in [5.41, 5.74) is 0. The van der Waals surface area contributed by atoms with Crippen molar-refractivity contribution in [2.24, 2.45) is 5.92 Å². The molecule has 0 amide bonds. The molecule has 0 radical (unpaired) electrons. The van der Waals surface area contributed by atoms with Crippen molar-refractivity contribution in [2.45, 2.75) is 27.2 Å². The maximum absolute atomic E-state index is 10.4. The van der Waals surface area contributed by atoms with Crippen LogP contribution >= 0.6 is 0 Å². The summed E-state index contributed by atoms with van der Waals surface area (Å²) in [4.78, 5) is 10.4. The number of carbonyl (C=O) groups is 1. The lowest BCUT2D eigenvalue weighted by Gasteiger charge is -1.98. The van der Waals surface area contributed by atoms with Gasteiger partial charge in [0.25, 0.3) is 0 Å². The number of hydrogen-bond donors (Lipinski definition) is 0. The quantitative estimate of drug-likeness (QED) is 0.291. The van der Waals surface area contributed by atoms with Crippen molar-refractivity contribution in [3.05, 3.63) is 36.6 Å². The van der Waals surface area contributed by atoms with Crippen LogP contribution in [0.1, 0.15) is 27.2 Å². The van der Waals surface area contributed by atoms with Gasteiger partial charge in [0.05, 0.1) is 6.26 Å². The molecular formula is C12H18O2. The van der Waals surface area contributed by atoms with E-state index in [9.17, 15) is 4.79 Å². The molecule has 78 valence electrons. The topological polar surface area (TPSA) is 26.3 Å². The third-order valence-corrected chi connectivity index (χ3v) is 1.59. The van der Waals surface area contributed by atoms with Crippen LogP contribution in [0, 0.1) is 5.92 Å². The highest BCUT2D eigenvalue weighted by atomic mass is 16.5. The fraction of sp³-hybridized carbons (Fsp3) is 0.417. The Morgan fingerprint density at radius 2 is 2.14 bits per heavy atom. The molecule has 0 saturated heterocycles. The lowest BCUT2D eigenvalue weighted by molar-refractivity contribution is -0.135. The van der Waals surface area contributed by atoms with Gasteiger partial charge in [-0.2, -0.15) is 0 Å². The number of allylic oxidation sites excluding steroid dienone is 5. The molecule has 0 aromatic carbocycles. The minimum absolute atomic E-state index is 0.295. The summed E-state index contributed by atoms with van der Waals surface area (Å²) in [6.45, 7) is 5.54. The Balaban J connectivity index is 3.63. The number of hydrogen-bond acceptors (Lipinski definition) is 2. The molecule has 0 bridgehead atoms. The molecule has 14 heavy (non-hydrogen) atoms. The standard InChI is InChI=1S/C12H18O2/c1-4-8-11(2)9-6-5-7-10-14-12(3)13/h4-8,10-11H,9H2,1-3H3. The van der Waals surface area contributed by atoms with Crippen LogP contribution in [0.15, 0.2) is 36.6 Å². The smallest absolute Gasteiger partial charge is 0.307 e. The maximum Gasteiger partial charge on any atom is 0.307 e. The van der Waals surface area contributed by atoms with E-state index in [1.165, 1.54) is 13.2 Å². The number of esters is 1. The molecule has 1 unspecified atom stereocenters. The summed E-state index contributed by atoms with van der Waals surface area (Å²) >= 11 is 0. The molecule has 0 N–H and O–H groups in total. The molecule has 0 aromatic rings. The van der Waals surface area contributed by atoms with E-state index in [-0.39, 0.29) is 5.97 Å². The van der Waals surface area contributed by atoms with Crippen molar-refractivity contribution in [3.63, 3.8) is 0 Å². The van der Waals surface area contributed by atoms with Gasteiger partial charge in [0.2, 0.25) is 0 Å². The first kappa shape index (κ1) is 12.7. The average Bonchev–Trinajstić information content (AvgIpc) is 2.11. The van der Waals surface area contributed by atoms with Gasteiger partial charge in [-0.25, -0.2) is 0 Å². The molecule has 0 aliphatic carbocycles. The Morgan fingerprint density at radius 3 is 2.71 bits per heavy atom. The van der Waals surface area contributed by atoms with Crippen molar-refractivity contribution in [1.82, 2.24) is 0 Å². The third kappa shape index (κ3) is 8.78. The largest absolute Gasteiger partial charge is 0.435 e. The lowest BCUT2D eigenvalue weighted by Crippen LogP contribution is -1.88. The van der Waals surface area contributed by atoms with Crippen LogP contribution in [0.3, 0.4) is 0 Å². The van der Waals surface area contributed by atoms with Crippen LogP contribution in [0.25, 0.3) is 0 Å². The van der Waals surface area contributed by atoms with Gasteiger partial charge in [0.15, 0.2) is 0 Å². The molecule has 0 aliphatic heterocycles. The first-order valence-corrected chi connectivity index (χ1v) is 4.78. The number of rotatable bonds is 5. The lowest BCUT2D eigenvalue weighted by atomic mass is 10.1. The second-order valence-corrected chi connectivity index (χ2v) is 3.10. The van der Waals surface area contributed by atoms with Gasteiger partial charge in [0, 0.05) is 6.92 Å². The van der Waals surface area contributed by atoms with Gasteiger partial charge in [-0.05, 0) is 25.3 Å². The van der Waals surface area contributed by atoms with E-state index >= 15 is 0 Å². The van der Waals surface area contributed by atoms with Crippen LogP contribution < -0.4 is 0 Å². The molecule has 0 saturated carbocycles. The van der Waals surface area contributed by atoms with E-state index in [0.717, 1.165) is 6.42 Å². The third-order valence-electron chi connectivity index (χ3n) is 1.59. The fourth-order valence-electron chi connectivity index (χ4n) is 0.959. The Kier molecular flexibility index (Phi) is 7.52. The Bertz CT molecular complexity index is 237. The molecule has 2 nitrogen and oxygen atoms in total. The van der Waals surface area contributed by atoms with Crippen LogP contribution in [-0.2, 0) is 9.53 Å². The van der Waals surface area contributed by atoms with Gasteiger partial charge in [0.1, 0.15) is 0 Å². The predicted molar refractivity (Wildman–Crippen MR) is 58.6 cm³/mol. The van der Waals surface area contributed by atoms with Crippen molar-refractivity contribution in [1.29, 1.82) is 0 Å². The van der Waals surface area contributed by atoms with Gasteiger partial charge in [-0.3, -0.25) is 4.79 Å². The van der Waals surface area contributed by atoms with Crippen molar-refractivity contribution < 1.29 is 9.53 Å². The van der Waals surface area contributed by atoms with Crippen molar-refractivity contribution in [3.8, 4) is 0 Å². The second kappa shape index (κ2) is 8.30. The molecule has 2 heteroatoms. The SMILES string of the molecule is CC=CC(C)CC=CC=COC(C)=O. The summed E-state index contributed by atoms with van der Waals surface area (Å²) in [6.07, 6.45) is 12.2. The molecule has 0 spiro atoms. The average molecular weight is 194 g/mol. The second-order valence-electron chi connectivity index (χ2n) is 3.10. The normalized spacial score (nSPS) is 14.2. The maximum atomic E-state index is 10.4. The Hall–Kier alpha value is -1.31. The summed E-state index contributed by atoms with van der Waals surface area (Å²) < 4.78 is 4.61. The van der Waals surface area contributed by atoms with E-state index in [4.69, 9.17) is 0 Å². The van der Waals surface area contributed by atoms with Crippen LogP contribution in [-0.4, -0.2) is 5.97 Å². The van der Waals surface area contributed by atoms with Gasteiger partial charge >= 0.3 is 5.97 Å². The molecule has 0 aromatic heterocycles. The fourth-order valence-corrected chi connectivity index (χ4v) is 0.959. The minimum atomic E-state index is -0.295. The van der Waals surface area contributed by atoms with E-state index in [0.29, 0.717) is 5.92 Å². The summed E-state index contributed by atoms with van der Waals surface area (Å²) in [5, 5.41) is 0. The van der Waals surface area contributed by atoms with E-state index < -0.39 is 0 Å². The Morgan fingerprint density at radius 1 is 1.43 bits per heavy atom. The van der Waals surface area contributed by atoms with Crippen molar-refractivity contribution >= 4 is 5.97 Å². The first-order valence-electron chi connectivity index (χ1n) is 4.78. The van der Waals surface area contributed by atoms with Gasteiger partial charge in [-0.1, -0.05) is 31.2 Å². The number of carbonyl (C=O) groups excluding carboxylic acids is 1. The molecule has 0 fully saturated rings. The molecular weight excluding hydrogens is 176 g/mol. The van der Waals surface area contributed by atoms with Gasteiger partial charge < -0.3 is 4.74 Å². The van der Waals surface area contributed by atoms with Crippen LogP contribution in [0.2, 0.25) is 0 Å². The number of ether oxygens (including phenoxy) is 1. The first-order chi connectivity index (χ1) is 6.66. The highest BCUT2D eigenvalue weighted by Crippen LogP contribution is 2.04. The molecule has 1 atom stereocenters. The van der Waals surface area contributed by atoms with E-state index in [1.54, 1.807) is 6.08 Å². The zero-order valence-corrected chi connectivity index (χ0v) is 9.07. The monoisotopic (exact) mass is 194 g/mol. The minimum Gasteiger partial charge on any atom is -0.435 e. The highest BCUT2D eigenvalue weighted by Gasteiger charge is 1.89. The van der Waals surface area contributed by atoms with Crippen LogP contribution in [0.4, 0.5) is 0 Å². The molecule has 0 heterocycles. The highest BCUT2D eigenvalue weighted by molar-refractivity contribution is 5.66. The molecule has 0 rings (SSSR count). The zero-order chi connectivity index (χ0) is 10.8. The van der Waals surface area contributed by atoms with Crippen molar-refractivity contribution in [2.75, 3.05) is 0 Å². The summed E-state index contributed by atoms with van der Waals surface area (Å²) in [6, 6.07) is 0. The molecule has 0 aliphatic rings. The van der Waals surface area contributed by atoms with Crippen LogP contribution in [0.5, 0.6) is 0 Å². The summed E-state index contributed by atoms with van der Waals surface area (Å²) in [7, 11) is 0. The van der Waals surface area contributed by atoms with E-state index in [1.807, 2.05) is 25.2 Å².